The van der Waals surface area contributed by atoms with E-state index in [0.717, 1.165) is 18.2 Å². The molecule has 76 valence electrons. The minimum absolute atomic E-state index is 0.521. The zero-order valence-electron chi connectivity index (χ0n) is 6.73. The van der Waals surface area contributed by atoms with Gasteiger partial charge in [-0.3, -0.25) is 4.79 Å². The number of halogens is 4. The van der Waals surface area contributed by atoms with Crippen LogP contribution in [0.5, 0.6) is 0 Å². The molecule has 2 N–H and O–H groups in total. The monoisotopic (exact) mass is 207 g/mol. The number of rotatable bonds is 1. The van der Waals surface area contributed by atoms with E-state index in [2.05, 4.69) is 0 Å². The van der Waals surface area contributed by atoms with E-state index in [0.29, 0.717) is 0 Å². The van der Waals surface area contributed by atoms with Crippen LogP contribution in [-0.4, -0.2) is 12.0 Å². The van der Waals surface area contributed by atoms with Crippen molar-refractivity contribution in [2.24, 2.45) is 0 Å². The maximum absolute atomic E-state index is 12.8. The minimum Gasteiger partial charge on any atom is -0.398 e. The molecule has 0 aliphatic carbocycles. The van der Waals surface area contributed by atoms with Crippen LogP contribution in [0.4, 0.5) is 23.2 Å². The van der Waals surface area contributed by atoms with Crippen LogP contribution in [0, 0.1) is 5.82 Å². The lowest BCUT2D eigenvalue weighted by atomic mass is 10.1. The van der Waals surface area contributed by atoms with Gasteiger partial charge in [-0.05, 0) is 12.1 Å². The zero-order chi connectivity index (χ0) is 10.9. The van der Waals surface area contributed by atoms with Gasteiger partial charge in [0.2, 0.25) is 0 Å². The fourth-order valence-electron chi connectivity index (χ4n) is 0.922. The fourth-order valence-corrected chi connectivity index (χ4v) is 0.922. The average molecular weight is 207 g/mol. The lowest BCUT2D eigenvalue weighted by Gasteiger charge is -2.08. The average Bonchev–Trinajstić information content (AvgIpc) is 2.01. The predicted octanol–water partition coefficient (Wildman–Crippen LogP) is 2.15. The van der Waals surface area contributed by atoms with Crippen molar-refractivity contribution in [2.75, 3.05) is 5.73 Å². The van der Waals surface area contributed by atoms with Gasteiger partial charge in [-0.15, -0.1) is 0 Å². The van der Waals surface area contributed by atoms with Gasteiger partial charge in [0.25, 0.3) is 5.78 Å². The number of carbonyl (C=O) groups excluding carboxylic acids is 1. The molecule has 0 saturated heterocycles. The molecule has 0 fully saturated rings. The van der Waals surface area contributed by atoms with Crippen molar-refractivity contribution in [2.45, 2.75) is 6.18 Å². The Morgan fingerprint density at radius 1 is 1.29 bits per heavy atom. The van der Waals surface area contributed by atoms with E-state index < -0.39 is 29.0 Å². The van der Waals surface area contributed by atoms with Crippen LogP contribution in [0.1, 0.15) is 10.4 Å². The van der Waals surface area contributed by atoms with Gasteiger partial charge in [0.05, 0.1) is 5.56 Å². The molecule has 0 saturated carbocycles. The van der Waals surface area contributed by atoms with E-state index in [1.165, 1.54) is 0 Å². The second-order valence-corrected chi connectivity index (χ2v) is 2.53. The first-order valence-electron chi connectivity index (χ1n) is 3.49. The summed E-state index contributed by atoms with van der Waals surface area (Å²) in [7, 11) is 0. The summed E-state index contributed by atoms with van der Waals surface area (Å²) in [5.41, 5.74) is 3.41. The summed E-state index contributed by atoms with van der Waals surface area (Å²) < 4.78 is 48.6. The normalized spacial score (nSPS) is 11.4. The minimum atomic E-state index is -5.11. The van der Waals surface area contributed by atoms with Gasteiger partial charge < -0.3 is 5.73 Å². The molecule has 0 amide bonds. The van der Waals surface area contributed by atoms with E-state index in [9.17, 15) is 22.4 Å². The van der Waals surface area contributed by atoms with Crippen molar-refractivity contribution in [3.05, 3.63) is 29.6 Å². The highest BCUT2D eigenvalue weighted by molar-refractivity contribution is 6.04. The molecule has 6 heteroatoms. The van der Waals surface area contributed by atoms with Crippen LogP contribution in [0.3, 0.4) is 0 Å². The zero-order valence-corrected chi connectivity index (χ0v) is 6.73. The molecule has 1 aromatic rings. The Balaban J connectivity index is 3.26. The van der Waals surface area contributed by atoms with Gasteiger partial charge >= 0.3 is 6.18 Å². The second kappa shape index (κ2) is 3.28. The summed E-state index contributed by atoms with van der Waals surface area (Å²) in [5, 5.41) is 0. The van der Waals surface area contributed by atoms with Crippen LogP contribution in [-0.2, 0) is 0 Å². The second-order valence-electron chi connectivity index (χ2n) is 2.53. The molecule has 0 unspecified atom stereocenters. The molecule has 0 bridgehead atoms. The highest BCUT2D eigenvalue weighted by Gasteiger charge is 2.41. The van der Waals surface area contributed by atoms with Crippen molar-refractivity contribution in [1.82, 2.24) is 0 Å². The lowest BCUT2D eigenvalue weighted by molar-refractivity contribution is -0.0887. The number of ketones is 1. The highest BCUT2D eigenvalue weighted by Crippen LogP contribution is 2.26. The quantitative estimate of drug-likeness (QED) is 0.435. The standard InChI is InChI=1S/C8H5F4NO/c9-4-2-1-3-5(13)6(4)7(14)8(10,11)12/h1-3H,13H2. The number of benzene rings is 1. The van der Waals surface area contributed by atoms with E-state index in [1.54, 1.807) is 0 Å². The molecule has 0 aromatic heterocycles. The predicted molar refractivity (Wildman–Crippen MR) is 41.2 cm³/mol. The van der Waals surface area contributed by atoms with Crippen LogP contribution in [0.25, 0.3) is 0 Å². The summed E-state index contributed by atoms with van der Waals surface area (Å²) in [4.78, 5) is 10.7. The molecule has 1 aromatic carbocycles. The number of carbonyl (C=O) groups is 1. The molecule has 0 heterocycles. The van der Waals surface area contributed by atoms with Crippen molar-refractivity contribution in [1.29, 1.82) is 0 Å². The number of Topliss-reactive ketones (excluding diaryl/α,β-unsaturated/α-hetero) is 1. The molecule has 0 radical (unpaired) electrons. The van der Waals surface area contributed by atoms with E-state index in [1.807, 2.05) is 0 Å². The molecule has 1 rings (SSSR count). The number of alkyl halides is 3. The maximum Gasteiger partial charge on any atom is 0.455 e. The van der Waals surface area contributed by atoms with Crippen LogP contribution >= 0.6 is 0 Å². The molecule has 0 aliphatic rings. The number of nitrogens with two attached hydrogens (primary N) is 1. The SMILES string of the molecule is Nc1cccc(F)c1C(=O)C(F)(F)F. The Labute approximate surface area is 76.3 Å². The summed E-state index contributed by atoms with van der Waals surface area (Å²) >= 11 is 0. The Morgan fingerprint density at radius 3 is 2.29 bits per heavy atom. The van der Waals surface area contributed by atoms with E-state index >= 15 is 0 Å². The van der Waals surface area contributed by atoms with Crippen LogP contribution < -0.4 is 5.73 Å². The Kier molecular flexibility index (Phi) is 2.46. The van der Waals surface area contributed by atoms with Crippen molar-refractivity contribution in [3.63, 3.8) is 0 Å². The summed E-state index contributed by atoms with van der Waals surface area (Å²) in [6.07, 6.45) is -5.11. The molecule has 0 atom stereocenters. The van der Waals surface area contributed by atoms with Gasteiger partial charge in [0, 0.05) is 5.69 Å². The first kappa shape index (κ1) is 10.5. The number of hydrogen-bond acceptors (Lipinski definition) is 2. The Hall–Kier alpha value is -1.59. The third kappa shape index (κ3) is 1.84. The third-order valence-electron chi connectivity index (χ3n) is 1.53. The molecular formula is C8H5F4NO. The Bertz CT molecular complexity index is 352. The Morgan fingerprint density at radius 2 is 1.86 bits per heavy atom. The first-order chi connectivity index (χ1) is 6.34. The molecule has 14 heavy (non-hydrogen) atoms. The summed E-state index contributed by atoms with van der Waals surface area (Å²) in [6, 6.07) is 2.90. The van der Waals surface area contributed by atoms with Crippen LogP contribution in [0.15, 0.2) is 18.2 Å². The lowest BCUT2D eigenvalue weighted by Crippen LogP contribution is -2.25. The smallest absolute Gasteiger partial charge is 0.398 e. The topological polar surface area (TPSA) is 43.1 Å². The third-order valence-corrected chi connectivity index (χ3v) is 1.53. The molecule has 2 nitrogen and oxygen atoms in total. The first-order valence-corrected chi connectivity index (χ1v) is 3.49. The molecule has 0 aliphatic heterocycles. The molecule has 0 spiro atoms. The van der Waals surface area contributed by atoms with Gasteiger partial charge in [-0.2, -0.15) is 13.2 Å². The fraction of sp³-hybridized carbons (Fsp3) is 0.125. The summed E-state index contributed by atoms with van der Waals surface area (Å²) in [6.45, 7) is 0. The van der Waals surface area contributed by atoms with Gasteiger partial charge in [-0.25, -0.2) is 4.39 Å². The molecular weight excluding hydrogens is 202 g/mol. The van der Waals surface area contributed by atoms with Crippen molar-refractivity contribution < 1.29 is 22.4 Å². The van der Waals surface area contributed by atoms with Crippen molar-refractivity contribution in [3.8, 4) is 0 Å². The van der Waals surface area contributed by atoms with Crippen molar-refractivity contribution >= 4 is 11.5 Å². The number of nitrogen functional groups attached to an aromatic ring is 1. The summed E-state index contributed by atoms with van der Waals surface area (Å²) in [5.74, 6) is -3.54. The van der Waals surface area contributed by atoms with E-state index in [4.69, 9.17) is 5.73 Å². The van der Waals surface area contributed by atoms with Crippen LogP contribution in [0.2, 0.25) is 0 Å². The maximum atomic E-state index is 12.8. The highest BCUT2D eigenvalue weighted by atomic mass is 19.4. The van der Waals surface area contributed by atoms with Gasteiger partial charge in [-0.1, -0.05) is 6.07 Å². The number of anilines is 1. The largest absolute Gasteiger partial charge is 0.455 e. The number of hydrogen-bond donors (Lipinski definition) is 1. The van der Waals surface area contributed by atoms with E-state index in [-0.39, 0.29) is 0 Å². The van der Waals surface area contributed by atoms with Gasteiger partial charge in [0.1, 0.15) is 5.82 Å². The van der Waals surface area contributed by atoms with Gasteiger partial charge in [0.15, 0.2) is 0 Å².